The van der Waals surface area contributed by atoms with Crippen LogP contribution in [0.2, 0.25) is 0 Å². The largest absolute Gasteiger partial charge is 0.378 e. The van der Waals surface area contributed by atoms with E-state index in [4.69, 9.17) is 10.5 Å². The molecule has 1 atom stereocenters. The molecule has 1 fully saturated rings. The predicted molar refractivity (Wildman–Crippen MR) is 54.8 cm³/mol. The van der Waals surface area contributed by atoms with Gasteiger partial charge in [0.15, 0.2) is 0 Å². The first-order valence-corrected chi connectivity index (χ1v) is 5.23. The second kappa shape index (κ2) is 5.32. The maximum Gasteiger partial charge on any atom is 0.227 e. The number of ether oxygens (including phenoxy) is 1. The van der Waals surface area contributed by atoms with Crippen LogP contribution in [0.5, 0.6) is 0 Å². The van der Waals surface area contributed by atoms with Crippen LogP contribution in [0.4, 0.5) is 0 Å². The number of morpholine rings is 1. The van der Waals surface area contributed by atoms with E-state index in [2.05, 4.69) is 0 Å². The summed E-state index contributed by atoms with van der Waals surface area (Å²) in [5, 5.41) is 0. The number of carbonyl (C=O) groups is 1. The smallest absolute Gasteiger partial charge is 0.227 e. The van der Waals surface area contributed by atoms with E-state index in [1.165, 1.54) is 0 Å². The van der Waals surface area contributed by atoms with Gasteiger partial charge in [-0.15, -0.1) is 0 Å². The molecule has 0 saturated carbocycles. The van der Waals surface area contributed by atoms with Gasteiger partial charge in [-0.2, -0.15) is 0 Å². The summed E-state index contributed by atoms with van der Waals surface area (Å²) in [6, 6.07) is 0. The minimum atomic E-state index is -0.0342. The third-order valence-corrected chi connectivity index (χ3v) is 2.70. The minimum Gasteiger partial charge on any atom is -0.378 e. The van der Waals surface area contributed by atoms with E-state index in [1.54, 1.807) is 0 Å². The fourth-order valence-electron chi connectivity index (χ4n) is 1.68. The van der Waals surface area contributed by atoms with Crippen LogP contribution in [0.15, 0.2) is 0 Å². The first-order chi connectivity index (χ1) is 6.66. The van der Waals surface area contributed by atoms with Crippen molar-refractivity contribution in [3.8, 4) is 0 Å². The van der Waals surface area contributed by atoms with Gasteiger partial charge in [0, 0.05) is 19.6 Å². The second-order valence-electron chi connectivity index (χ2n) is 4.02. The Kier molecular flexibility index (Phi) is 4.35. The molecule has 1 unspecified atom stereocenters. The Morgan fingerprint density at radius 3 is 2.43 bits per heavy atom. The van der Waals surface area contributed by atoms with Crippen molar-refractivity contribution in [2.75, 3.05) is 32.8 Å². The van der Waals surface area contributed by atoms with Gasteiger partial charge >= 0.3 is 0 Å². The summed E-state index contributed by atoms with van der Waals surface area (Å²) in [6.45, 7) is 7.24. The average molecular weight is 200 g/mol. The van der Waals surface area contributed by atoms with Crippen LogP contribution in [0.3, 0.4) is 0 Å². The van der Waals surface area contributed by atoms with Crippen LogP contribution in [-0.2, 0) is 9.53 Å². The van der Waals surface area contributed by atoms with Gasteiger partial charge in [-0.05, 0) is 5.92 Å². The Morgan fingerprint density at radius 1 is 1.43 bits per heavy atom. The summed E-state index contributed by atoms with van der Waals surface area (Å²) in [7, 11) is 0. The van der Waals surface area contributed by atoms with Gasteiger partial charge in [-0.1, -0.05) is 13.8 Å². The Balaban J connectivity index is 2.52. The normalized spacial score (nSPS) is 19.9. The highest BCUT2D eigenvalue weighted by atomic mass is 16.5. The fourth-order valence-corrected chi connectivity index (χ4v) is 1.68. The number of amides is 1. The number of nitrogens with two attached hydrogens (primary N) is 1. The van der Waals surface area contributed by atoms with E-state index in [1.807, 2.05) is 18.7 Å². The molecule has 1 saturated heterocycles. The summed E-state index contributed by atoms with van der Waals surface area (Å²) < 4.78 is 5.20. The van der Waals surface area contributed by atoms with E-state index in [9.17, 15) is 4.79 Å². The van der Waals surface area contributed by atoms with Crippen molar-refractivity contribution in [2.24, 2.45) is 17.6 Å². The molecule has 1 aliphatic heterocycles. The van der Waals surface area contributed by atoms with Crippen molar-refractivity contribution in [3.63, 3.8) is 0 Å². The number of rotatable bonds is 3. The zero-order valence-corrected chi connectivity index (χ0v) is 9.03. The topological polar surface area (TPSA) is 55.6 Å². The molecule has 1 amide bonds. The van der Waals surface area contributed by atoms with Crippen LogP contribution >= 0.6 is 0 Å². The zero-order chi connectivity index (χ0) is 10.6. The summed E-state index contributed by atoms with van der Waals surface area (Å²) >= 11 is 0. The van der Waals surface area contributed by atoms with Gasteiger partial charge < -0.3 is 15.4 Å². The molecule has 4 heteroatoms. The average Bonchev–Trinajstić information content (AvgIpc) is 2.19. The molecule has 0 aliphatic carbocycles. The summed E-state index contributed by atoms with van der Waals surface area (Å²) in [5.41, 5.74) is 5.60. The highest BCUT2D eigenvalue weighted by Gasteiger charge is 2.26. The van der Waals surface area contributed by atoms with E-state index >= 15 is 0 Å². The van der Waals surface area contributed by atoms with Gasteiger partial charge in [-0.25, -0.2) is 0 Å². The van der Waals surface area contributed by atoms with Crippen LogP contribution in [0.1, 0.15) is 13.8 Å². The van der Waals surface area contributed by atoms with Crippen molar-refractivity contribution in [2.45, 2.75) is 13.8 Å². The minimum absolute atomic E-state index is 0.0342. The highest BCUT2D eigenvalue weighted by molar-refractivity contribution is 5.79. The van der Waals surface area contributed by atoms with Gasteiger partial charge in [0.1, 0.15) is 0 Å². The Bertz CT molecular complexity index is 189. The standard InChI is InChI=1S/C10H20N2O2/c1-8(2)9(7-11)10(13)12-3-5-14-6-4-12/h8-9H,3-7,11H2,1-2H3. The summed E-state index contributed by atoms with van der Waals surface area (Å²) in [4.78, 5) is 13.8. The Hall–Kier alpha value is -0.610. The SMILES string of the molecule is CC(C)C(CN)C(=O)N1CCOCC1. The number of nitrogens with zero attached hydrogens (tertiary/aromatic N) is 1. The Labute approximate surface area is 85.4 Å². The molecule has 0 aromatic heterocycles. The van der Waals surface area contributed by atoms with Crippen molar-refractivity contribution >= 4 is 5.91 Å². The lowest BCUT2D eigenvalue weighted by atomic mass is 9.94. The van der Waals surface area contributed by atoms with Crippen molar-refractivity contribution in [1.82, 2.24) is 4.90 Å². The molecule has 1 rings (SSSR count). The predicted octanol–water partition coefficient (Wildman–Crippen LogP) is 0.0761. The maximum atomic E-state index is 12.0. The first-order valence-electron chi connectivity index (χ1n) is 5.23. The highest BCUT2D eigenvalue weighted by Crippen LogP contribution is 2.13. The van der Waals surface area contributed by atoms with Crippen LogP contribution in [0, 0.1) is 11.8 Å². The molecule has 1 aliphatic rings. The lowest BCUT2D eigenvalue weighted by Crippen LogP contribution is -2.46. The third kappa shape index (κ3) is 2.69. The third-order valence-electron chi connectivity index (χ3n) is 2.70. The molecule has 0 aromatic rings. The molecule has 0 aromatic carbocycles. The molecule has 0 radical (unpaired) electrons. The van der Waals surface area contributed by atoms with Crippen molar-refractivity contribution in [3.05, 3.63) is 0 Å². The lowest BCUT2D eigenvalue weighted by molar-refractivity contribution is -0.140. The summed E-state index contributed by atoms with van der Waals surface area (Å²) in [5.74, 6) is 0.467. The van der Waals surface area contributed by atoms with E-state index < -0.39 is 0 Å². The zero-order valence-electron chi connectivity index (χ0n) is 9.03. The molecule has 1 heterocycles. The first kappa shape index (κ1) is 11.5. The number of carbonyl (C=O) groups excluding carboxylic acids is 1. The van der Waals surface area contributed by atoms with E-state index in [0.29, 0.717) is 38.8 Å². The molecule has 4 nitrogen and oxygen atoms in total. The number of hydrogen-bond acceptors (Lipinski definition) is 3. The molecular weight excluding hydrogens is 180 g/mol. The van der Waals surface area contributed by atoms with Crippen LogP contribution < -0.4 is 5.73 Å². The van der Waals surface area contributed by atoms with E-state index in [-0.39, 0.29) is 11.8 Å². The van der Waals surface area contributed by atoms with Crippen LogP contribution in [0.25, 0.3) is 0 Å². The molecule has 0 bridgehead atoms. The monoisotopic (exact) mass is 200 g/mol. The van der Waals surface area contributed by atoms with Gasteiger partial charge in [0.2, 0.25) is 5.91 Å². The number of hydrogen-bond donors (Lipinski definition) is 1. The lowest BCUT2D eigenvalue weighted by Gasteiger charge is -2.31. The summed E-state index contributed by atoms with van der Waals surface area (Å²) in [6.07, 6.45) is 0. The fraction of sp³-hybridized carbons (Fsp3) is 0.900. The van der Waals surface area contributed by atoms with Crippen molar-refractivity contribution in [1.29, 1.82) is 0 Å². The van der Waals surface area contributed by atoms with Crippen molar-refractivity contribution < 1.29 is 9.53 Å². The molecule has 2 N–H and O–H groups in total. The molecule has 82 valence electrons. The van der Waals surface area contributed by atoms with Gasteiger partial charge in [0.05, 0.1) is 19.1 Å². The quantitative estimate of drug-likeness (QED) is 0.701. The second-order valence-corrected chi connectivity index (χ2v) is 4.02. The van der Waals surface area contributed by atoms with Gasteiger partial charge in [-0.3, -0.25) is 4.79 Å². The maximum absolute atomic E-state index is 12.0. The van der Waals surface area contributed by atoms with Gasteiger partial charge in [0.25, 0.3) is 0 Å². The van der Waals surface area contributed by atoms with E-state index in [0.717, 1.165) is 0 Å². The molecule has 14 heavy (non-hydrogen) atoms. The molecular formula is C10H20N2O2. The van der Waals surface area contributed by atoms with Crippen LogP contribution in [-0.4, -0.2) is 43.7 Å². The Morgan fingerprint density at radius 2 is 2.00 bits per heavy atom. The molecule has 0 spiro atoms.